The van der Waals surface area contributed by atoms with Gasteiger partial charge in [-0.15, -0.1) is 11.3 Å². The zero-order valence-electron chi connectivity index (χ0n) is 12.9. The van der Waals surface area contributed by atoms with Gasteiger partial charge in [0.25, 0.3) is 0 Å². The van der Waals surface area contributed by atoms with E-state index in [4.69, 9.17) is 0 Å². The summed E-state index contributed by atoms with van der Waals surface area (Å²) in [5.74, 6) is 0. The van der Waals surface area contributed by atoms with E-state index in [-0.39, 0.29) is 0 Å². The van der Waals surface area contributed by atoms with Crippen molar-refractivity contribution in [1.82, 2.24) is 19.7 Å². The van der Waals surface area contributed by atoms with Gasteiger partial charge in [-0.1, -0.05) is 18.2 Å². The molecule has 3 heterocycles. The molecule has 1 aliphatic rings. The summed E-state index contributed by atoms with van der Waals surface area (Å²) < 4.78 is 1.95. The van der Waals surface area contributed by atoms with Crippen LogP contribution in [-0.4, -0.2) is 45.8 Å². The van der Waals surface area contributed by atoms with Gasteiger partial charge in [0.1, 0.15) is 0 Å². The summed E-state index contributed by atoms with van der Waals surface area (Å²) in [4.78, 5) is 9.25. The van der Waals surface area contributed by atoms with Crippen molar-refractivity contribution in [2.75, 3.05) is 31.1 Å². The number of nitrogens with zero attached hydrogens (tertiary/aromatic N) is 5. The molecule has 0 bridgehead atoms. The van der Waals surface area contributed by atoms with Crippen LogP contribution in [0.4, 0.5) is 5.13 Å². The predicted octanol–water partition coefficient (Wildman–Crippen LogP) is 2.65. The van der Waals surface area contributed by atoms with Gasteiger partial charge in [-0.2, -0.15) is 5.10 Å². The number of anilines is 1. The van der Waals surface area contributed by atoms with Gasteiger partial charge in [-0.05, 0) is 12.1 Å². The molecule has 118 valence electrons. The molecule has 1 saturated heterocycles. The Bertz CT molecular complexity index is 729. The molecule has 0 amide bonds. The second-order valence-corrected chi connectivity index (χ2v) is 6.58. The summed E-state index contributed by atoms with van der Waals surface area (Å²) in [6, 6.07) is 10.2. The number of benzene rings is 1. The fraction of sp³-hybridized carbons (Fsp3) is 0.294. The van der Waals surface area contributed by atoms with Gasteiger partial charge < -0.3 is 4.90 Å². The lowest BCUT2D eigenvalue weighted by molar-refractivity contribution is 0.250. The van der Waals surface area contributed by atoms with Crippen LogP contribution in [0.25, 0.3) is 5.69 Å². The smallest absolute Gasteiger partial charge is 0.185 e. The zero-order chi connectivity index (χ0) is 15.5. The van der Waals surface area contributed by atoms with E-state index in [1.807, 2.05) is 40.7 Å². The molecule has 0 spiro atoms. The minimum Gasteiger partial charge on any atom is -0.346 e. The first-order chi connectivity index (χ1) is 11.4. The van der Waals surface area contributed by atoms with Gasteiger partial charge in [0.05, 0.1) is 11.9 Å². The summed E-state index contributed by atoms with van der Waals surface area (Å²) in [7, 11) is 0. The molecule has 2 aromatic heterocycles. The van der Waals surface area contributed by atoms with Crippen molar-refractivity contribution in [3.05, 3.63) is 59.9 Å². The highest BCUT2D eigenvalue weighted by molar-refractivity contribution is 7.13. The Balaban J connectivity index is 1.36. The van der Waals surface area contributed by atoms with Crippen LogP contribution in [0.1, 0.15) is 5.56 Å². The zero-order valence-corrected chi connectivity index (χ0v) is 13.7. The average molecular weight is 325 g/mol. The fourth-order valence-electron chi connectivity index (χ4n) is 2.89. The average Bonchev–Trinajstić information content (AvgIpc) is 3.28. The Hall–Kier alpha value is -2.18. The molecule has 1 fully saturated rings. The lowest BCUT2D eigenvalue weighted by Crippen LogP contribution is -2.45. The van der Waals surface area contributed by atoms with Crippen LogP contribution in [0.2, 0.25) is 0 Å². The van der Waals surface area contributed by atoms with Crippen molar-refractivity contribution in [1.29, 1.82) is 0 Å². The van der Waals surface area contributed by atoms with Crippen LogP contribution in [0.15, 0.2) is 54.3 Å². The van der Waals surface area contributed by atoms with Gasteiger partial charge in [-0.3, -0.25) is 4.90 Å². The van der Waals surface area contributed by atoms with Crippen LogP contribution < -0.4 is 4.90 Å². The standard InChI is InChI=1S/C17H19N5S/c1-2-4-16(5-3-1)22-14-15(12-19-22)13-20-7-9-21(10-8-20)17-18-6-11-23-17/h1-6,11-12,14H,7-10,13H2. The molecule has 4 rings (SSSR count). The Kier molecular flexibility index (Phi) is 4.08. The minimum atomic E-state index is 0.957. The van der Waals surface area contributed by atoms with Crippen molar-refractivity contribution >= 4 is 16.5 Å². The molecule has 0 saturated carbocycles. The first-order valence-corrected chi connectivity index (χ1v) is 8.72. The normalized spacial score (nSPS) is 15.9. The molecule has 1 aliphatic heterocycles. The number of rotatable bonds is 4. The maximum atomic E-state index is 4.48. The third kappa shape index (κ3) is 3.28. The molecule has 3 aromatic rings. The van der Waals surface area contributed by atoms with Crippen LogP contribution in [0.3, 0.4) is 0 Å². The molecule has 0 aliphatic carbocycles. The third-order valence-corrected chi connectivity index (χ3v) is 4.96. The van der Waals surface area contributed by atoms with E-state index >= 15 is 0 Å². The van der Waals surface area contributed by atoms with E-state index in [0.717, 1.165) is 43.5 Å². The van der Waals surface area contributed by atoms with Crippen molar-refractivity contribution in [3.8, 4) is 5.69 Å². The van der Waals surface area contributed by atoms with Crippen LogP contribution in [-0.2, 0) is 6.54 Å². The highest BCUT2D eigenvalue weighted by Gasteiger charge is 2.19. The van der Waals surface area contributed by atoms with Gasteiger partial charge in [-0.25, -0.2) is 9.67 Å². The molecule has 23 heavy (non-hydrogen) atoms. The van der Waals surface area contributed by atoms with Crippen LogP contribution in [0, 0.1) is 0 Å². The van der Waals surface area contributed by atoms with E-state index in [0.29, 0.717) is 0 Å². The number of piperazine rings is 1. The van der Waals surface area contributed by atoms with Gasteiger partial charge in [0.2, 0.25) is 0 Å². The number of thiazole rings is 1. The second-order valence-electron chi connectivity index (χ2n) is 5.71. The molecule has 0 atom stereocenters. The first kappa shape index (κ1) is 14.4. The highest BCUT2D eigenvalue weighted by Crippen LogP contribution is 2.19. The minimum absolute atomic E-state index is 0.957. The summed E-state index contributed by atoms with van der Waals surface area (Å²) >= 11 is 1.72. The van der Waals surface area contributed by atoms with Gasteiger partial charge in [0.15, 0.2) is 5.13 Å². The van der Waals surface area contributed by atoms with Crippen molar-refractivity contribution in [3.63, 3.8) is 0 Å². The number of hydrogen-bond donors (Lipinski definition) is 0. The van der Waals surface area contributed by atoms with E-state index < -0.39 is 0 Å². The lowest BCUT2D eigenvalue weighted by atomic mass is 10.2. The molecule has 0 radical (unpaired) electrons. The molecule has 6 heteroatoms. The Morgan fingerprint density at radius 2 is 1.87 bits per heavy atom. The van der Waals surface area contributed by atoms with Crippen molar-refractivity contribution < 1.29 is 0 Å². The monoisotopic (exact) mass is 325 g/mol. The van der Waals surface area contributed by atoms with Gasteiger partial charge in [0, 0.05) is 56.1 Å². The van der Waals surface area contributed by atoms with E-state index in [1.165, 1.54) is 5.56 Å². The van der Waals surface area contributed by atoms with E-state index in [1.54, 1.807) is 11.3 Å². The van der Waals surface area contributed by atoms with E-state index in [2.05, 4.69) is 38.2 Å². The van der Waals surface area contributed by atoms with E-state index in [9.17, 15) is 0 Å². The second kappa shape index (κ2) is 6.52. The Labute approximate surface area is 139 Å². The maximum absolute atomic E-state index is 4.48. The third-order valence-electron chi connectivity index (χ3n) is 4.13. The largest absolute Gasteiger partial charge is 0.346 e. The number of aromatic nitrogens is 3. The Morgan fingerprint density at radius 3 is 2.61 bits per heavy atom. The predicted molar refractivity (Wildman–Crippen MR) is 93.2 cm³/mol. The molecule has 1 aromatic carbocycles. The quantitative estimate of drug-likeness (QED) is 0.739. The molecular formula is C17H19N5S. The van der Waals surface area contributed by atoms with Crippen molar-refractivity contribution in [2.45, 2.75) is 6.54 Å². The van der Waals surface area contributed by atoms with Crippen LogP contribution >= 0.6 is 11.3 Å². The van der Waals surface area contributed by atoms with Crippen LogP contribution in [0.5, 0.6) is 0 Å². The summed E-state index contributed by atoms with van der Waals surface area (Å²) in [5.41, 5.74) is 2.36. The fourth-order valence-corrected chi connectivity index (χ4v) is 3.59. The number of hydrogen-bond acceptors (Lipinski definition) is 5. The van der Waals surface area contributed by atoms with Crippen molar-refractivity contribution in [2.24, 2.45) is 0 Å². The lowest BCUT2D eigenvalue weighted by Gasteiger charge is -2.34. The number of para-hydroxylation sites is 1. The molecule has 0 N–H and O–H groups in total. The Morgan fingerprint density at radius 1 is 1.04 bits per heavy atom. The summed E-state index contributed by atoms with van der Waals surface area (Å²) in [6.07, 6.45) is 5.98. The topological polar surface area (TPSA) is 37.2 Å². The van der Waals surface area contributed by atoms with Gasteiger partial charge >= 0.3 is 0 Å². The maximum Gasteiger partial charge on any atom is 0.185 e. The summed E-state index contributed by atoms with van der Waals surface area (Å²) in [6.45, 7) is 5.17. The summed E-state index contributed by atoms with van der Waals surface area (Å²) in [5, 5.41) is 7.66. The first-order valence-electron chi connectivity index (χ1n) is 7.84. The molecule has 0 unspecified atom stereocenters. The molecule has 5 nitrogen and oxygen atoms in total. The molecular weight excluding hydrogens is 306 g/mol. The highest BCUT2D eigenvalue weighted by atomic mass is 32.1. The SMILES string of the molecule is c1ccc(-n2cc(CN3CCN(c4nccs4)CC3)cn2)cc1.